The van der Waals surface area contributed by atoms with E-state index in [2.05, 4.69) is 0 Å². The van der Waals surface area contributed by atoms with E-state index in [1.165, 1.54) is 14.7 Å². The van der Waals surface area contributed by atoms with E-state index in [1.807, 2.05) is 13.8 Å². The largest absolute Gasteiger partial charge is 0.331 e. The fourth-order valence-corrected chi connectivity index (χ4v) is 1.84. The van der Waals surface area contributed by atoms with Crippen molar-refractivity contribution in [3.63, 3.8) is 0 Å². The lowest BCUT2D eigenvalue weighted by molar-refractivity contribution is -0.145. The van der Waals surface area contributed by atoms with Crippen LogP contribution in [0.1, 0.15) is 27.7 Å². The standard InChI is InChI=1S/C13H23N3O3/c1-9(2)12(18)15-6-7-16(11(17)8-15)13(19)14(5)10(3)4/h9-10H,6-8H2,1-5H3. The van der Waals surface area contributed by atoms with Crippen LogP contribution in [0.15, 0.2) is 0 Å². The number of amides is 4. The van der Waals surface area contributed by atoms with Gasteiger partial charge in [-0.2, -0.15) is 0 Å². The first-order chi connectivity index (χ1) is 8.75. The zero-order chi connectivity index (χ0) is 14.7. The molecule has 4 amide bonds. The molecule has 0 aliphatic carbocycles. The van der Waals surface area contributed by atoms with Crippen molar-refractivity contribution in [3.8, 4) is 0 Å². The molecule has 0 unspecified atom stereocenters. The van der Waals surface area contributed by atoms with Gasteiger partial charge < -0.3 is 9.80 Å². The van der Waals surface area contributed by atoms with E-state index < -0.39 is 0 Å². The number of nitrogens with zero attached hydrogens (tertiary/aromatic N) is 3. The third kappa shape index (κ3) is 3.45. The van der Waals surface area contributed by atoms with E-state index in [0.29, 0.717) is 6.54 Å². The molecule has 0 N–H and O–H groups in total. The lowest BCUT2D eigenvalue weighted by Crippen LogP contribution is -2.57. The summed E-state index contributed by atoms with van der Waals surface area (Å²) in [7, 11) is 1.67. The third-order valence-corrected chi connectivity index (χ3v) is 3.33. The molecule has 6 heteroatoms. The zero-order valence-electron chi connectivity index (χ0n) is 12.3. The summed E-state index contributed by atoms with van der Waals surface area (Å²) in [5, 5.41) is 0. The van der Waals surface area contributed by atoms with Crippen molar-refractivity contribution in [1.82, 2.24) is 14.7 Å². The van der Waals surface area contributed by atoms with Gasteiger partial charge in [0, 0.05) is 32.1 Å². The Hall–Kier alpha value is -1.59. The highest BCUT2D eigenvalue weighted by Gasteiger charge is 2.33. The number of urea groups is 1. The van der Waals surface area contributed by atoms with Crippen LogP contribution in [0.4, 0.5) is 4.79 Å². The fraction of sp³-hybridized carbons (Fsp3) is 0.769. The van der Waals surface area contributed by atoms with Crippen LogP contribution >= 0.6 is 0 Å². The van der Waals surface area contributed by atoms with Crippen LogP contribution in [0.25, 0.3) is 0 Å². The smallest absolute Gasteiger partial charge is 0.326 e. The van der Waals surface area contributed by atoms with Gasteiger partial charge in [0.2, 0.25) is 11.8 Å². The van der Waals surface area contributed by atoms with Gasteiger partial charge in [-0.15, -0.1) is 0 Å². The molecule has 0 aromatic rings. The summed E-state index contributed by atoms with van der Waals surface area (Å²) in [6.07, 6.45) is 0. The molecule has 0 aromatic heterocycles. The van der Waals surface area contributed by atoms with Crippen LogP contribution < -0.4 is 0 Å². The first kappa shape index (κ1) is 15.5. The van der Waals surface area contributed by atoms with E-state index in [1.54, 1.807) is 20.9 Å². The lowest BCUT2D eigenvalue weighted by Gasteiger charge is -2.36. The molecular weight excluding hydrogens is 246 g/mol. The maximum Gasteiger partial charge on any atom is 0.326 e. The normalized spacial score (nSPS) is 16.3. The third-order valence-electron chi connectivity index (χ3n) is 3.33. The van der Waals surface area contributed by atoms with Gasteiger partial charge in [0.1, 0.15) is 6.54 Å². The molecule has 1 heterocycles. The van der Waals surface area contributed by atoms with E-state index in [9.17, 15) is 14.4 Å². The molecule has 1 saturated heterocycles. The first-order valence-electron chi connectivity index (χ1n) is 6.61. The molecule has 1 aliphatic heterocycles. The van der Waals surface area contributed by atoms with Crippen LogP contribution in [-0.4, -0.2) is 65.3 Å². The van der Waals surface area contributed by atoms with Gasteiger partial charge in [0.25, 0.3) is 0 Å². The van der Waals surface area contributed by atoms with Gasteiger partial charge in [0.15, 0.2) is 0 Å². The van der Waals surface area contributed by atoms with E-state index in [-0.39, 0.29) is 42.9 Å². The van der Waals surface area contributed by atoms with Gasteiger partial charge in [-0.05, 0) is 13.8 Å². The molecule has 1 aliphatic rings. The summed E-state index contributed by atoms with van der Waals surface area (Å²) in [5.74, 6) is -0.483. The highest BCUT2D eigenvalue weighted by molar-refractivity contribution is 5.97. The van der Waals surface area contributed by atoms with Crippen molar-refractivity contribution in [2.45, 2.75) is 33.7 Å². The highest BCUT2D eigenvalue weighted by atomic mass is 16.2. The molecule has 0 spiro atoms. The maximum absolute atomic E-state index is 12.1. The highest BCUT2D eigenvalue weighted by Crippen LogP contribution is 2.11. The molecule has 6 nitrogen and oxygen atoms in total. The zero-order valence-corrected chi connectivity index (χ0v) is 12.3. The number of carbonyl (C=O) groups excluding carboxylic acids is 3. The van der Waals surface area contributed by atoms with Crippen LogP contribution in [-0.2, 0) is 9.59 Å². The predicted octanol–water partition coefficient (Wildman–Crippen LogP) is 0.773. The average molecular weight is 269 g/mol. The Morgan fingerprint density at radius 1 is 1.16 bits per heavy atom. The Labute approximate surface area is 114 Å². The Kier molecular flexibility index (Phi) is 4.91. The topological polar surface area (TPSA) is 60.9 Å². The van der Waals surface area contributed by atoms with E-state index in [0.717, 1.165) is 0 Å². The minimum Gasteiger partial charge on any atom is -0.331 e. The van der Waals surface area contributed by atoms with Crippen LogP contribution in [0, 0.1) is 5.92 Å². The molecule has 0 atom stereocenters. The molecule has 1 rings (SSSR count). The summed E-state index contributed by atoms with van der Waals surface area (Å²) in [4.78, 5) is 40.2. The number of rotatable bonds is 2. The fourth-order valence-electron chi connectivity index (χ4n) is 1.84. The van der Waals surface area contributed by atoms with Gasteiger partial charge in [-0.25, -0.2) is 4.79 Å². The second-order valence-electron chi connectivity index (χ2n) is 5.45. The molecule has 1 fully saturated rings. The summed E-state index contributed by atoms with van der Waals surface area (Å²) in [6.45, 7) is 8.07. The Balaban J connectivity index is 2.67. The van der Waals surface area contributed by atoms with E-state index in [4.69, 9.17) is 0 Å². The van der Waals surface area contributed by atoms with Crippen molar-refractivity contribution >= 4 is 17.8 Å². The Bertz CT molecular complexity index is 379. The second kappa shape index (κ2) is 6.04. The summed E-state index contributed by atoms with van der Waals surface area (Å²) in [6, 6.07) is -0.257. The van der Waals surface area contributed by atoms with Gasteiger partial charge in [-0.3, -0.25) is 14.5 Å². The van der Waals surface area contributed by atoms with Crippen molar-refractivity contribution in [1.29, 1.82) is 0 Å². The number of hydrogen-bond acceptors (Lipinski definition) is 3. The molecule has 0 radical (unpaired) electrons. The lowest BCUT2D eigenvalue weighted by atomic mass is 10.1. The molecular formula is C13H23N3O3. The van der Waals surface area contributed by atoms with Crippen LogP contribution in [0.2, 0.25) is 0 Å². The number of carbonyl (C=O) groups is 3. The van der Waals surface area contributed by atoms with Crippen molar-refractivity contribution in [2.75, 3.05) is 26.7 Å². The number of hydrogen-bond donors (Lipinski definition) is 0. The van der Waals surface area contributed by atoms with Gasteiger partial charge in [-0.1, -0.05) is 13.8 Å². The summed E-state index contributed by atoms with van der Waals surface area (Å²) < 4.78 is 0. The van der Waals surface area contributed by atoms with Crippen molar-refractivity contribution in [3.05, 3.63) is 0 Å². The molecule has 108 valence electrons. The van der Waals surface area contributed by atoms with Gasteiger partial charge in [0.05, 0.1) is 0 Å². The predicted molar refractivity (Wildman–Crippen MR) is 71.4 cm³/mol. The summed E-state index contributed by atoms with van der Waals surface area (Å²) >= 11 is 0. The van der Waals surface area contributed by atoms with Gasteiger partial charge >= 0.3 is 6.03 Å². The minimum atomic E-state index is -0.308. The number of piperazine rings is 1. The molecule has 19 heavy (non-hydrogen) atoms. The molecule has 0 aromatic carbocycles. The Morgan fingerprint density at radius 2 is 1.74 bits per heavy atom. The van der Waals surface area contributed by atoms with Crippen molar-refractivity contribution in [2.24, 2.45) is 5.92 Å². The molecule has 0 bridgehead atoms. The SMILES string of the molecule is CC(C)C(=O)N1CCN(C(=O)N(C)C(C)C)C(=O)C1. The van der Waals surface area contributed by atoms with Crippen molar-refractivity contribution < 1.29 is 14.4 Å². The second-order valence-corrected chi connectivity index (χ2v) is 5.45. The molecule has 0 saturated carbocycles. The van der Waals surface area contributed by atoms with Crippen LogP contribution in [0.3, 0.4) is 0 Å². The minimum absolute atomic E-state index is 0.00527. The maximum atomic E-state index is 12.1. The Morgan fingerprint density at radius 3 is 2.16 bits per heavy atom. The monoisotopic (exact) mass is 269 g/mol. The van der Waals surface area contributed by atoms with Crippen LogP contribution in [0.5, 0.6) is 0 Å². The average Bonchev–Trinajstić information content (AvgIpc) is 2.35. The van der Waals surface area contributed by atoms with E-state index >= 15 is 0 Å². The first-order valence-corrected chi connectivity index (χ1v) is 6.61. The quantitative estimate of drug-likeness (QED) is 0.744. The number of imide groups is 1. The summed E-state index contributed by atoms with van der Waals surface area (Å²) in [5.41, 5.74) is 0.